The fourth-order valence-corrected chi connectivity index (χ4v) is 1.69. The van der Waals surface area contributed by atoms with Crippen LogP contribution in [0.3, 0.4) is 0 Å². The van der Waals surface area contributed by atoms with E-state index >= 15 is 0 Å². The van der Waals surface area contributed by atoms with Crippen molar-refractivity contribution in [1.29, 1.82) is 0 Å². The lowest BCUT2D eigenvalue weighted by atomic mass is 10.2. The number of nitrogens with one attached hydrogen (secondary N) is 1. The highest BCUT2D eigenvalue weighted by molar-refractivity contribution is 5.56. The molecule has 0 unspecified atom stereocenters. The molecule has 0 amide bonds. The minimum absolute atomic E-state index is 0.0209. The predicted molar refractivity (Wildman–Crippen MR) is 72.6 cm³/mol. The molecule has 8 nitrogen and oxygen atoms in total. The Bertz CT molecular complexity index is 611. The first kappa shape index (κ1) is 13.8. The number of ether oxygens (including phenoxy) is 1. The summed E-state index contributed by atoms with van der Waals surface area (Å²) in [4.78, 5) is 14.5. The standard InChI is InChI=1S/C12H15N5O3/c1-3-20-11-5-9(4-10(6-11)17(18)19)13-7-12-14-8-16(2)15-12/h4-6,8,13H,3,7H2,1-2H3. The van der Waals surface area contributed by atoms with Crippen LogP contribution in [-0.2, 0) is 13.6 Å². The van der Waals surface area contributed by atoms with Crippen LogP contribution in [0, 0.1) is 10.1 Å². The Morgan fingerprint density at radius 1 is 1.45 bits per heavy atom. The van der Waals surface area contributed by atoms with Gasteiger partial charge in [-0.1, -0.05) is 0 Å². The van der Waals surface area contributed by atoms with Gasteiger partial charge in [-0.3, -0.25) is 14.8 Å². The van der Waals surface area contributed by atoms with Gasteiger partial charge in [-0.15, -0.1) is 0 Å². The van der Waals surface area contributed by atoms with E-state index < -0.39 is 4.92 Å². The summed E-state index contributed by atoms with van der Waals surface area (Å²) < 4.78 is 6.91. The summed E-state index contributed by atoms with van der Waals surface area (Å²) in [5, 5.41) is 18.0. The van der Waals surface area contributed by atoms with E-state index in [1.807, 2.05) is 6.92 Å². The number of nitrogens with zero attached hydrogens (tertiary/aromatic N) is 4. The molecule has 0 aliphatic carbocycles. The van der Waals surface area contributed by atoms with Crippen molar-refractivity contribution in [2.75, 3.05) is 11.9 Å². The van der Waals surface area contributed by atoms with Crippen LogP contribution >= 0.6 is 0 Å². The van der Waals surface area contributed by atoms with Crippen molar-refractivity contribution < 1.29 is 9.66 Å². The molecule has 0 saturated heterocycles. The third kappa shape index (κ3) is 3.44. The zero-order valence-electron chi connectivity index (χ0n) is 11.2. The van der Waals surface area contributed by atoms with E-state index in [1.54, 1.807) is 24.1 Å². The Labute approximate surface area is 115 Å². The number of hydrogen-bond donors (Lipinski definition) is 1. The average molecular weight is 277 g/mol. The van der Waals surface area contributed by atoms with E-state index in [0.717, 1.165) is 0 Å². The van der Waals surface area contributed by atoms with E-state index in [4.69, 9.17) is 4.74 Å². The molecule has 0 aliphatic rings. The molecule has 1 aromatic heterocycles. The predicted octanol–water partition coefficient (Wildman–Crippen LogP) is 1.73. The number of hydrogen-bond acceptors (Lipinski definition) is 6. The number of aromatic nitrogens is 3. The lowest BCUT2D eigenvalue weighted by molar-refractivity contribution is -0.384. The van der Waals surface area contributed by atoms with Crippen molar-refractivity contribution in [3.8, 4) is 5.75 Å². The fraction of sp³-hybridized carbons (Fsp3) is 0.333. The number of aryl methyl sites for hydroxylation is 1. The van der Waals surface area contributed by atoms with Crippen LogP contribution in [-0.4, -0.2) is 26.3 Å². The monoisotopic (exact) mass is 277 g/mol. The van der Waals surface area contributed by atoms with Gasteiger partial charge in [0.1, 0.15) is 12.1 Å². The molecule has 8 heteroatoms. The lowest BCUT2D eigenvalue weighted by Gasteiger charge is -2.08. The van der Waals surface area contributed by atoms with Crippen molar-refractivity contribution in [3.63, 3.8) is 0 Å². The van der Waals surface area contributed by atoms with E-state index in [2.05, 4.69) is 15.4 Å². The van der Waals surface area contributed by atoms with E-state index in [0.29, 0.717) is 30.4 Å². The molecule has 20 heavy (non-hydrogen) atoms. The molecular weight excluding hydrogens is 262 g/mol. The van der Waals surface area contributed by atoms with Gasteiger partial charge in [0.25, 0.3) is 5.69 Å². The van der Waals surface area contributed by atoms with Gasteiger partial charge in [-0.2, -0.15) is 5.10 Å². The molecule has 2 aromatic rings. The quantitative estimate of drug-likeness (QED) is 0.638. The summed E-state index contributed by atoms with van der Waals surface area (Å²) in [6.07, 6.45) is 1.59. The Kier molecular flexibility index (Phi) is 4.14. The fourth-order valence-electron chi connectivity index (χ4n) is 1.69. The average Bonchev–Trinajstić information content (AvgIpc) is 2.82. The Hall–Kier alpha value is -2.64. The topological polar surface area (TPSA) is 95.1 Å². The maximum Gasteiger partial charge on any atom is 0.275 e. The molecule has 1 N–H and O–H groups in total. The van der Waals surface area contributed by atoms with Gasteiger partial charge < -0.3 is 10.1 Å². The third-order valence-corrected chi connectivity index (χ3v) is 2.51. The van der Waals surface area contributed by atoms with Crippen LogP contribution in [0.15, 0.2) is 24.5 Å². The minimum Gasteiger partial charge on any atom is -0.494 e. The number of nitro groups is 1. The van der Waals surface area contributed by atoms with E-state index in [9.17, 15) is 10.1 Å². The highest BCUT2D eigenvalue weighted by atomic mass is 16.6. The first-order chi connectivity index (χ1) is 9.58. The van der Waals surface area contributed by atoms with E-state index in [1.165, 1.54) is 12.1 Å². The number of rotatable bonds is 6. The second-order valence-electron chi connectivity index (χ2n) is 4.09. The van der Waals surface area contributed by atoms with Crippen LogP contribution in [0.4, 0.5) is 11.4 Å². The Balaban J connectivity index is 2.15. The van der Waals surface area contributed by atoms with Gasteiger partial charge in [-0.25, -0.2) is 4.98 Å². The van der Waals surface area contributed by atoms with Gasteiger partial charge in [0.2, 0.25) is 0 Å². The van der Waals surface area contributed by atoms with Crippen LogP contribution in [0.2, 0.25) is 0 Å². The summed E-state index contributed by atoms with van der Waals surface area (Å²) in [5.74, 6) is 1.06. The highest BCUT2D eigenvalue weighted by Gasteiger charge is 2.11. The molecular formula is C12H15N5O3. The summed E-state index contributed by atoms with van der Waals surface area (Å²) in [6.45, 7) is 2.65. The highest BCUT2D eigenvalue weighted by Crippen LogP contribution is 2.26. The smallest absolute Gasteiger partial charge is 0.275 e. The Morgan fingerprint density at radius 3 is 2.85 bits per heavy atom. The number of anilines is 1. The molecule has 2 rings (SSSR count). The minimum atomic E-state index is -0.452. The SMILES string of the molecule is CCOc1cc(NCc2ncn(C)n2)cc([N+](=O)[O-])c1. The van der Waals surface area contributed by atoms with Crippen LogP contribution in [0.25, 0.3) is 0 Å². The van der Waals surface area contributed by atoms with Crippen LogP contribution in [0.5, 0.6) is 5.75 Å². The van der Waals surface area contributed by atoms with Crippen molar-refractivity contribution >= 4 is 11.4 Å². The normalized spacial score (nSPS) is 10.3. The maximum absolute atomic E-state index is 10.9. The zero-order chi connectivity index (χ0) is 14.5. The number of nitro benzene ring substituents is 1. The van der Waals surface area contributed by atoms with Gasteiger partial charge in [0.05, 0.1) is 24.1 Å². The summed E-state index contributed by atoms with van der Waals surface area (Å²) in [6, 6.07) is 4.55. The first-order valence-electron chi connectivity index (χ1n) is 6.09. The molecule has 0 aliphatic heterocycles. The molecule has 1 heterocycles. The van der Waals surface area contributed by atoms with Gasteiger partial charge in [0, 0.05) is 24.9 Å². The maximum atomic E-state index is 10.9. The molecule has 106 valence electrons. The lowest BCUT2D eigenvalue weighted by Crippen LogP contribution is -2.03. The summed E-state index contributed by atoms with van der Waals surface area (Å²) in [5.41, 5.74) is 0.572. The first-order valence-corrected chi connectivity index (χ1v) is 6.09. The van der Waals surface area contributed by atoms with Crippen LogP contribution in [0.1, 0.15) is 12.7 Å². The molecule has 0 spiro atoms. The number of benzene rings is 1. The summed E-state index contributed by atoms with van der Waals surface area (Å²) >= 11 is 0. The molecule has 0 saturated carbocycles. The van der Waals surface area contributed by atoms with Gasteiger partial charge >= 0.3 is 0 Å². The zero-order valence-corrected chi connectivity index (χ0v) is 11.2. The molecule has 0 radical (unpaired) electrons. The molecule has 0 bridgehead atoms. The third-order valence-electron chi connectivity index (χ3n) is 2.51. The molecule has 0 atom stereocenters. The summed E-state index contributed by atoms with van der Waals surface area (Å²) in [7, 11) is 1.77. The van der Waals surface area contributed by atoms with Crippen molar-refractivity contribution in [2.24, 2.45) is 7.05 Å². The second-order valence-corrected chi connectivity index (χ2v) is 4.09. The van der Waals surface area contributed by atoms with Crippen LogP contribution < -0.4 is 10.1 Å². The van der Waals surface area contributed by atoms with Crippen molar-refractivity contribution in [1.82, 2.24) is 14.8 Å². The largest absolute Gasteiger partial charge is 0.494 e. The molecule has 0 fully saturated rings. The van der Waals surface area contributed by atoms with E-state index in [-0.39, 0.29) is 5.69 Å². The molecule has 1 aromatic carbocycles. The van der Waals surface area contributed by atoms with Crippen molar-refractivity contribution in [3.05, 3.63) is 40.5 Å². The van der Waals surface area contributed by atoms with Gasteiger partial charge in [-0.05, 0) is 6.92 Å². The second kappa shape index (κ2) is 6.00. The van der Waals surface area contributed by atoms with Crippen molar-refractivity contribution in [2.45, 2.75) is 13.5 Å². The Morgan fingerprint density at radius 2 is 2.25 bits per heavy atom. The number of non-ortho nitro benzene ring substituents is 1. The van der Waals surface area contributed by atoms with Gasteiger partial charge in [0.15, 0.2) is 5.82 Å².